The minimum absolute atomic E-state index is 0.199. The number of amides is 2. The molecule has 0 atom stereocenters. The minimum atomic E-state index is -0.457. The lowest BCUT2D eigenvalue weighted by Gasteiger charge is -2.10. The molecule has 23 heavy (non-hydrogen) atoms. The van der Waals surface area contributed by atoms with Crippen molar-refractivity contribution < 1.29 is 14.3 Å². The van der Waals surface area contributed by atoms with E-state index in [0.717, 1.165) is 0 Å². The number of carbonyl (C=O) groups excluding carboxylic acids is 2. The summed E-state index contributed by atoms with van der Waals surface area (Å²) >= 11 is 11.7. The number of ether oxygens (including phenoxy) is 1. The Kier molecular flexibility index (Phi) is 5.84. The van der Waals surface area contributed by atoms with Gasteiger partial charge in [0.15, 0.2) is 0 Å². The van der Waals surface area contributed by atoms with Crippen molar-refractivity contribution >= 4 is 40.7 Å². The highest BCUT2D eigenvalue weighted by atomic mass is 35.5. The van der Waals surface area contributed by atoms with Crippen LogP contribution in [0.1, 0.15) is 10.4 Å². The molecule has 0 radical (unpaired) electrons. The Hall–Kier alpha value is -2.24. The predicted octanol–water partition coefficient (Wildman–Crippen LogP) is 3.37. The molecule has 2 N–H and O–H groups in total. The second kappa shape index (κ2) is 7.85. The molecule has 0 saturated heterocycles. The molecule has 0 unspecified atom stereocenters. The Labute approximate surface area is 143 Å². The summed E-state index contributed by atoms with van der Waals surface area (Å²) in [6, 6.07) is 11.5. The zero-order chi connectivity index (χ0) is 16.8. The molecular formula is C16H14Cl2N2O3. The standard InChI is InChI=1S/C16H14Cl2N2O3/c1-23-14-5-3-2-4-13(14)20-15(21)9-19-16(22)11-7-6-10(17)8-12(11)18/h2-8H,9H2,1H3,(H,19,22)(H,20,21). The van der Waals surface area contributed by atoms with Crippen LogP contribution in [0, 0.1) is 0 Å². The molecule has 0 aromatic heterocycles. The first-order valence-electron chi connectivity index (χ1n) is 6.67. The molecule has 0 fully saturated rings. The van der Waals surface area contributed by atoms with Gasteiger partial charge in [-0.15, -0.1) is 0 Å². The van der Waals surface area contributed by atoms with E-state index < -0.39 is 5.91 Å². The zero-order valence-electron chi connectivity index (χ0n) is 12.2. The van der Waals surface area contributed by atoms with Crippen LogP contribution in [0.25, 0.3) is 0 Å². The molecule has 0 aliphatic heterocycles. The van der Waals surface area contributed by atoms with E-state index in [1.54, 1.807) is 30.3 Å². The van der Waals surface area contributed by atoms with Gasteiger partial charge in [0, 0.05) is 5.02 Å². The number of rotatable bonds is 5. The predicted molar refractivity (Wildman–Crippen MR) is 90.4 cm³/mol. The summed E-state index contributed by atoms with van der Waals surface area (Å²) in [6.45, 7) is -0.199. The Balaban J connectivity index is 1.95. The number of hydrogen-bond donors (Lipinski definition) is 2. The van der Waals surface area contributed by atoms with Gasteiger partial charge in [-0.05, 0) is 30.3 Å². The maximum Gasteiger partial charge on any atom is 0.253 e. The summed E-state index contributed by atoms with van der Waals surface area (Å²) in [6.07, 6.45) is 0. The normalized spacial score (nSPS) is 10.0. The topological polar surface area (TPSA) is 67.4 Å². The van der Waals surface area contributed by atoms with Gasteiger partial charge in [0.05, 0.1) is 29.9 Å². The fraction of sp³-hybridized carbons (Fsp3) is 0.125. The average Bonchev–Trinajstić information content (AvgIpc) is 2.53. The number of nitrogens with one attached hydrogen (secondary N) is 2. The van der Waals surface area contributed by atoms with E-state index in [-0.39, 0.29) is 23.0 Å². The lowest BCUT2D eigenvalue weighted by Crippen LogP contribution is -2.33. The molecular weight excluding hydrogens is 339 g/mol. The van der Waals surface area contributed by atoms with Crippen LogP contribution in [0.3, 0.4) is 0 Å². The SMILES string of the molecule is COc1ccccc1NC(=O)CNC(=O)c1ccc(Cl)cc1Cl. The van der Waals surface area contributed by atoms with Crippen molar-refractivity contribution in [1.29, 1.82) is 0 Å². The van der Waals surface area contributed by atoms with Gasteiger partial charge < -0.3 is 15.4 Å². The molecule has 5 nitrogen and oxygen atoms in total. The maximum absolute atomic E-state index is 12.0. The summed E-state index contributed by atoms with van der Waals surface area (Å²) in [5, 5.41) is 5.81. The molecule has 0 heterocycles. The number of methoxy groups -OCH3 is 1. The van der Waals surface area contributed by atoms with Crippen LogP contribution in [0.5, 0.6) is 5.75 Å². The number of para-hydroxylation sites is 2. The van der Waals surface area contributed by atoms with E-state index in [1.807, 2.05) is 0 Å². The van der Waals surface area contributed by atoms with E-state index >= 15 is 0 Å². The molecule has 0 bridgehead atoms. The summed E-state index contributed by atoms with van der Waals surface area (Å²) in [5.41, 5.74) is 0.778. The van der Waals surface area contributed by atoms with Crippen molar-refractivity contribution in [1.82, 2.24) is 5.32 Å². The van der Waals surface area contributed by atoms with Crippen LogP contribution in [0.15, 0.2) is 42.5 Å². The highest BCUT2D eigenvalue weighted by molar-refractivity contribution is 6.36. The second-order valence-electron chi connectivity index (χ2n) is 4.56. The Morgan fingerprint density at radius 3 is 2.57 bits per heavy atom. The fourth-order valence-electron chi connectivity index (χ4n) is 1.87. The molecule has 0 aliphatic carbocycles. The number of benzene rings is 2. The number of hydrogen-bond acceptors (Lipinski definition) is 3. The summed E-state index contributed by atoms with van der Waals surface area (Å²) < 4.78 is 5.14. The Morgan fingerprint density at radius 2 is 1.87 bits per heavy atom. The van der Waals surface area contributed by atoms with Crippen molar-refractivity contribution in [3.63, 3.8) is 0 Å². The highest BCUT2D eigenvalue weighted by Crippen LogP contribution is 2.23. The van der Waals surface area contributed by atoms with Crippen LogP contribution in [0.2, 0.25) is 10.0 Å². The van der Waals surface area contributed by atoms with Crippen molar-refractivity contribution in [3.05, 3.63) is 58.1 Å². The Morgan fingerprint density at radius 1 is 1.13 bits per heavy atom. The average molecular weight is 353 g/mol. The second-order valence-corrected chi connectivity index (χ2v) is 5.40. The fourth-order valence-corrected chi connectivity index (χ4v) is 2.37. The monoisotopic (exact) mass is 352 g/mol. The summed E-state index contributed by atoms with van der Waals surface area (Å²) in [4.78, 5) is 23.9. The first-order valence-corrected chi connectivity index (χ1v) is 7.43. The van der Waals surface area contributed by atoms with E-state index in [4.69, 9.17) is 27.9 Å². The third kappa shape index (κ3) is 4.61. The van der Waals surface area contributed by atoms with E-state index in [1.165, 1.54) is 19.2 Å². The van der Waals surface area contributed by atoms with Gasteiger partial charge in [0.2, 0.25) is 5.91 Å². The van der Waals surface area contributed by atoms with E-state index in [2.05, 4.69) is 10.6 Å². The van der Waals surface area contributed by atoms with Crippen molar-refractivity contribution in [3.8, 4) is 5.75 Å². The Bertz CT molecular complexity index is 735. The molecule has 120 valence electrons. The molecule has 2 aromatic rings. The molecule has 0 saturated carbocycles. The van der Waals surface area contributed by atoms with Crippen molar-refractivity contribution in [2.75, 3.05) is 19.0 Å². The highest BCUT2D eigenvalue weighted by Gasteiger charge is 2.13. The van der Waals surface area contributed by atoms with E-state index in [9.17, 15) is 9.59 Å². The van der Waals surface area contributed by atoms with Crippen LogP contribution in [-0.2, 0) is 4.79 Å². The quantitative estimate of drug-likeness (QED) is 0.866. The van der Waals surface area contributed by atoms with Crippen LogP contribution in [-0.4, -0.2) is 25.5 Å². The number of halogens is 2. The molecule has 0 aliphatic rings. The van der Waals surface area contributed by atoms with Gasteiger partial charge in [0.1, 0.15) is 5.75 Å². The summed E-state index contributed by atoms with van der Waals surface area (Å²) in [7, 11) is 1.51. The molecule has 2 rings (SSSR count). The van der Waals surface area contributed by atoms with Gasteiger partial charge in [-0.1, -0.05) is 35.3 Å². The lowest BCUT2D eigenvalue weighted by molar-refractivity contribution is -0.115. The largest absolute Gasteiger partial charge is 0.495 e. The minimum Gasteiger partial charge on any atom is -0.495 e. The molecule has 2 amide bonds. The third-order valence-corrected chi connectivity index (χ3v) is 3.51. The molecule has 2 aromatic carbocycles. The lowest BCUT2D eigenvalue weighted by atomic mass is 10.2. The van der Waals surface area contributed by atoms with Gasteiger partial charge in [-0.2, -0.15) is 0 Å². The van der Waals surface area contributed by atoms with Crippen LogP contribution < -0.4 is 15.4 Å². The number of carbonyl (C=O) groups is 2. The van der Waals surface area contributed by atoms with Gasteiger partial charge in [-0.25, -0.2) is 0 Å². The first kappa shape index (κ1) is 17.1. The van der Waals surface area contributed by atoms with Crippen molar-refractivity contribution in [2.24, 2.45) is 0 Å². The smallest absolute Gasteiger partial charge is 0.253 e. The van der Waals surface area contributed by atoms with Gasteiger partial charge in [0.25, 0.3) is 5.91 Å². The zero-order valence-corrected chi connectivity index (χ0v) is 13.7. The number of anilines is 1. The van der Waals surface area contributed by atoms with E-state index in [0.29, 0.717) is 16.5 Å². The maximum atomic E-state index is 12.0. The summed E-state index contributed by atoms with van der Waals surface area (Å²) in [5.74, 6) is -0.303. The van der Waals surface area contributed by atoms with Crippen molar-refractivity contribution in [2.45, 2.75) is 0 Å². The van der Waals surface area contributed by atoms with Gasteiger partial charge >= 0.3 is 0 Å². The van der Waals surface area contributed by atoms with Crippen LogP contribution >= 0.6 is 23.2 Å². The molecule has 0 spiro atoms. The first-order chi connectivity index (χ1) is 11.0. The third-order valence-electron chi connectivity index (χ3n) is 2.97. The van der Waals surface area contributed by atoms with Gasteiger partial charge in [-0.3, -0.25) is 9.59 Å². The molecule has 7 heteroatoms. The van der Waals surface area contributed by atoms with Crippen LogP contribution in [0.4, 0.5) is 5.69 Å².